The highest BCUT2D eigenvalue weighted by Crippen LogP contribution is 2.67. The van der Waals surface area contributed by atoms with Crippen molar-refractivity contribution < 1.29 is 35.0 Å². The summed E-state index contributed by atoms with van der Waals surface area (Å²) >= 11 is 0. The fourth-order valence-corrected chi connectivity index (χ4v) is 10.0. The van der Waals surface area contributed by atoms with Gasteiger partial charge in [0, 0.05) is 0 Å². The smallest absolute Gasteiger partial charge is 0.186 e. The van der Waals surface area contributed by atoms with Crippen LogP contribution in [0.3, 0.4) is 0 Å². The predicted octanol–water partition coefficient (Wildman–Crippen LogP) is 4.35. The van der Waals surface area contributed by atoms with Crippen molar-refractivity contribution >= 4 is 0 Å². The maximum atomic E-state index is 11.7. The fourth-order valence-electron chi connectivity index (χ4n) is 10.0. The molecule has 0 aromatic rings. The summed E-state index contributed by atoms with van der Waals surface area (Å²) in [5.41, 5.74) is 2.49. The lowest BCUT2D eigenvalue weighted by atomic mass is 9.46. The van der Waals surface area contributed by atoms with Crippen LogP contribution in [0.2, 0.25) is 0 Å². The Kier molecular flexibility index (Phi) is 8.95. The van der Waals surface area contributed by atoms with E-state index in [-0.39, 0.29) is 40.8 Å². The molecule has 41 heavy (non-hydrogen) atoms. The van der Waals surface area contributed by atoms with Crippen LogP contribution in [-0.4, -0.2) is 74.6 Å². The molecule has 0 radical (unpaired) electrons. The predicted molar refractivity (Wildman–Crippen MR) is 158 cm³/mol. The number of aliphatic hydroxyl groups is 5. The van der Waals surface area contributed by atoms with E-state index in [1.54, 1.807) is 6.92 Å². The van der Waals surface area contributed by atoms with Gasteiger partial charge in [-0.3, -0.25) is 0 Å². The van der Waals surface area contributed by atoms with E-state index in [2.05, 4.69) is 47.3 Å². The van der Waals surface area contributed by atoms with Crippen molar-refractivity contribution in [2.24, 2.45) is 46.3 Å². The maximum absolute atomic E-state index is 11.7. The fraction of sp³-hybridized carbons (Fsp3) is 0.882. The molecule has 4 fully saturated rings. The molecule has 4 aliphatic carbocycles. The Morgan fingerprint density at radius 2 is 1.73 bits per heavy atom. The van der Waals surface area contributed by atoms with Crippen molar-refractivity contribution in [1.82, 2.24) is 0 Å². The van der Waals surface area contributed by atoms with Crippen LogP contribution in [-0.2, 0) is 9.47 Å². The molecule has 1 heterocycles. The van der Waals surface area contributed by atoms with E-state index in [0.29, 0.717) is 24.2 Å². The summed E-state index contributed by atoms with van der Waals surface area (Å²) in [6, 6.07) is 0. The second-order valence-electron chi connectivity index (χ2n) is 15.3. The quantitative estimate of drug-likeness (QED) is 0.286. The summed E-state index contributed by atoms with van der Waals surface area (Å²) < 4.78 is 11.9. The number of aliphatic hydroxyl groups excluding tert-OH is 5. The molecule has 5 aliphatic rings. The summed E-state index contributed by atoms with van der Waals surface area (Å²) in [6.07, 6.45) is 2.92. The molecule has 7 heteroatoms. The van der Waals surface area contributed by atoms with E-state index in [1.165, 1.54) is 11.1 Å². The van der Waals surface area contributed by atoms with Crippen LogP contribution >= 0.6 is 0 Å². The van der Waals surface area contributed by atoms with Crippen molar-refractivity contribution in [3.05, 3.63) is 23.8 Å². The van der Waals surface area contributed by atoms with Gasteiger partial charge in [0.2, 0.25) is 0 Å². The first-order valence-electron chi connectivity index (χ1n) is 16.3. The molecular formula is C34H56O7. The Hall–Kier alpha value is -0.800. The molecule has 0 spiro atoms. The Bertz CT molecular complexity index is 996. The molecule has 0 bridgehead atoms. The largest absolute Gasteiger partial charge is 0.393 e. The lowest BCUT2D eigenvalue weighted by Crippen LogP contribution is -2.58. The maximum Gasteiger partial charge on any atom is 0.186 e. The molecule has 5 N–H and O–H groups in total. The van der Waals surface area contributed by atoms with Crippen LogP contribution < -0.4 is 0 Å². The number of hydrogen-bond donors (Lipinski definition) is 5. The highest BCUT2D eigenvalue weighted by atomic mass is 16.7. The number of hydrogen-bond acceptors (Lipinski definition) is 7. The SMILES string of the molecule is C=C(CC[C@@H](C)[C@H]1C(O)C[C@H]2[C@@H]3C(O)C=C4CC(O[C@H]5O[C@@H](C)[C@@H](O)[C@@H](O)[C@@H]5O)CC[C@]4(C)[C@H]3CC[C@]12C)C(C)C. The first kappa shape index (κ1) is 31.6. The zero-order chi connectivity index (χ0) is 30.0. The van der Waals surface area contributed by atoms with Gasteiger partial charge in [0.25, 0.3) is 0 Å². The molecule has 0 aromatic heterocycles. The highest BCUT2D eigenvalue weighted by Gasteiger charge is 2.63. The van der Waals surface area contributed by atoms with Crippen molar-refractivity contribution in [1.29, 1.82) is 0 Å². The topological polar surface area (TPSA) is 120 Å². The minimum atomic E-state index is -1.31. The van der Waals surface area contributed by atoms with Gasteiger partial charge in [-0.2, -0.15) is 0 Å². The summed E-state index contributed by atoms with van der Waals surface area (Å²) in [6.45, 7) is 17.4. The molecule has 7 nitrogen and oxygen atoms in total. The average molecular weight is 577 g/mol. The molecule has 5 rings (SSSR count). The molecule has 3 unspecified atom stereocenters. The lowest BCUT2D eigenvalue weighted by Gasteiger charge is -2.59. The summed E-state index contributed by atoms with van der Waals surface area (Å²) in [4.78, 5) is 0. The second kappa shape index (κ2) is 11.6. The van der Waals surface area contributed by atoms with Crippen molar-refractivity contribution in [3.63, 3.8) is 0 Å². The Labute approximate surface area is 247 Å². The van der Waals surface area contributed by atoms with E-state index in [1.807, 2.05) is 0 Å². The van der Waals surface area contributed by atoms with Gasteiger partial charge in [-0.1, -0.05) is 58.4 Å². The third kappa shape index (κ3) is 5.40. The number of ether oxygens (including phenoxy) is 2. The van der Waals surface area contributed by atoms with E-state index in [4.69, 9.17) is 9.47 Å². The van der Waals surface area contributed by atoms with Crippen molar-refractivity contribution in [2.45, 2.75) is 142 Å². The van der Waals surface area contributed by atoms with Crippen LogP contribution in [0.25, 0.3) is 0 Å². The van der Waals surface area contributed by atoms with E-state index < -0.39 is 36.8 Å². The summed E-state index contributed by atoms with van der Waals surface area (Å²) in [7, 11) is 0. The van der Waals surface area contributed by atoms with Gasteiger partial charge in [-0.15, -0.1) is 0 Å². The minimum Gasteiger partial charge on any atom is -0.393 e. The van der Waals surface area contributed by atoms with Crippen LogP contribution in [0.15, 0.2) is 23.8 Å². The second-order valence-corrected chi connectivity index (χ2v) is 15.3. The van der Waals surface area contributed by atoms with Gasteiger partial charge in [-0.05, 0) is 105 Å². The van der Waals surface area contributed by atoms with Gasteiger partial charge >= 0.3 is 0 Å². The molecule has 0 aromatic carbocycles. The van der Waals surface area contributed by atoms with Crippen LogP contribution in [0.1, 0.15) is 92.9 Å². The van der Waals surface area contributed by atoms with E-state index >= 15 is 0 Å². The molecule has 1 saturated heterocycles. The molecule has 3 saturated carbocycles. The van der Waals surface area contributed by atoms with Crippen LogP contribution in [0.5, 0.6) is 0 Å². The molecular weight excluding hydrogens is 520 g/mol. The summed E-state index contributed by atoms with van der Waals surface area (Å²) in [5.74, 6) is 1.90. The third-order valence-electron chi connectivity index (χ3n) is 12.7. The van der Waals surface area contributed by atoms with Crippen molar-refractivity contribution in [2.75, 3.05) is 0 Å². The van der Waals surface area contributed by atoms with Gasteiger partial charge in [0.05, 0.1) is 24.4 Å². The Morgan fingerprint density at radius 1 is 1.02 bits per heavy atom. The first-order chi connectivity index (χ1) is 19.2. The molecule has 15 atom stereocenters. The molecule has 234 valence electrons. The zero-order valence-corrected chi connectivity index (χ0v) is 26.1. The van der Waals surface area contributed by atoms with Crippen molar-refractivity contribution in [3.8, 4) is 0 Å². The lowest BCUT2D eigenvalue weighted by molar-refractivity contribution is -0.306. The monoisotopic (exact) mass is 576 g/mol. The standard InChI is InChI=1S/C34H56O7/c1-17(2)18(3)8-9-19(4)28-26(36)16-24-27-23(11-13-34(24,28)7)33(6)12-10-22(14-21(33)15-25(27)35)41-32-31(39)30(38)29(37)20(5)40-32/h15,17,19-20,22-32,35-39H,3,8-14,16H2,1-2,4-7H3/t19-,20+,22?,23+,24+,25?,26?,27-,28+,29-,30-,31+,32-,33+,34+/m1/s1. The van der Waals surface area contributed by atoms with Gasteiger partial charge in [-0.25, -0.2) is 0 Å². The molecule has 0 amide bonds. The highest BCUT2D eigenvalue weighted by molar-refractivity contribution is 5.28. The molecule has 1 aliphatic heterocycles. The number of allylic oxidation sites excluding steroid dienone is 1. The van der Waals surface area contributed by atoms with E-state index in [0.717, 1.165) is 44.9 Å². The average Bonchev–Trinajstić information content (AvgIpc) is 3.19. The zero-order valence-electron chi connectivity index (χ0n) is 26.1. The third-order valence-corrected chi connectivity index (χ3v) is 12.7. The number of rotatable bonds is 7. The first-order valence-corrected chi connectivity index (χ1v) is 16.3. The normalized spacial score (nSPS) is 50.5. The minimum absolute atomic E-state index is 0.0126. The Balaban J connectivity index is 1.30. The number of fused-ring (bicyclic) bond motifs is 5. The van der Waals surface area contributed by atoms with Gasteiger partial charge in [0.1, 0.15) is 18.3 Å². The van der Waals surface area contributed by atoms with Crippen LogP contribution in [0, 0.1) is 46.3 Å². The van der Waals surface area contributed by atoms with Gasteiger partial charge in [0.15, 0.2) is 6.29 Å². The Morgan fingerprint density at radius 3 is 2.41 bits per heavy atom. The van der Waals surface area contributed by atoms with E-state index in [9.17, 15) is 25.5 Å². The van der Waals surface area contributed by atoms with Gasteiger partial charge < -0.3 is 35.0 Å². The summed E-state index contributed by atoms with van der Waals surface area (Å²) in [5, 5.41) is 53.9. The van der Waals surface area contributed by atoms with Crippen LogP contribution in [0.4, 0.5) is 0 Å².